The molecule has 6 nitrogen and oxygen atoms in total. The van der Waals surface area contributed by atoms with Gasteiger partial charge in [0, 0.05) is 12.2 Å². The van der Waals surface area contributed by atoms with E-state index in [9.17, 15) is 9.90 Å². The molecular weight excluding hydrogens is 294 g/mol. The fourth-order valence-electron chi connectivity index (χ4n) is 2.12. The molecular formula is C17H23N3O3. The maximum atomic E-state index is 12.0. The number of aliphatic hydroxyl groups is 1. The number of aromatic amines is 1. The number of ether oxygens (including phenoxy) is 1. The summed E-state index contributed by atoms with van der Waals surface area (Å²) in [5.41, 5.74) is 1.92. The van der Waals surface area contributed by atoms with E-state index >= 15 is 0 Å². The Labute approximate surface area is 135 Å². The second-order valence-corrected chi connectivity index (χ2v) is 5.60. The van der Waals surface area contributed by atoms with Gasteiger partial charge >= 0.3 is 0 Å². The number of benzene rings is 1. The number of aryl methyl sites for hydroxylation is 1. The monoisotopic (exact) mass is 317 g/mol. The predicted octanol–water partition coefficient (Wildman–Crippen LogP) is 2.22. The molecule has 0 saturated carbocycles. The van der Waals surface area contributed by atoms with Crippen molar-refractivity contribution in [3.63, 3.8) is 0 Å². The molecule has 3 N–H and O–H groups in total. The zero-order valence-corrected chi connectivity index (χ0v) is 13.7. The minimum Gasteiger partial charge on any atom is -0.491 e. The van der Waals surface area contributed by atoms with Crippen LogP contribution >= 0.6 is 0 Å². The summed E-state index contributed by atoms with van der Waals surface area (Å²) in [5, 5.41) is 19.6. The minimum absolute atomic E-state index is 0.0644. The predicted molar refractivity (Wildman–Crippen MR) is 87.5 cm³/mol. The van der Waals surface area contributed by atoms with Crippen molar-refractivity contribution >= 4 is 5.91 Å². The van der Waals surface area contributed by atoms with E-state index in [1.165, 1.54) is 0 Å². The van der Waals surface area contributed by atoms with Gasteiger partial charge in [0.1, 0.15) is 11.4 Å². The Morgan fingerprint density at radius 2 is 2.17 bits per heavy atom. The van der Waals surface area contributed by atoms with Crippen LogP contribution in [0.3, 0.4) is 0 Å². The van der Waals surface area contributed by atoms with Gasteiger partial charge in [-0.2, -0.15) is 5.10 Å². The van der Waals surface area contributed by atoms with Crippen LogP contribution in [0.15, 0.2) is 30.3 Å². The van der Waals surface area contributed by atoms with Crippen molar-refractivity contribution in [2.24, 2.45) is 0 Å². The second kappa shape index (κ2) is 7.78. The van der Waals surface area contributed by atoms with Gasteiger partial charge in [0.05, 0.1) is 12.2 Å². The Morgan fingerprint density at radius 3 is 2.83 bits per heavy atom. The largest absolute Gasteiger partial charge is 0.491 e. The van der Waals surface area contributed by atoms with E-state index in [1.807, 2.05) is 32.9 Å². The number of H-pyrrole nitrogens is 1. The molecule has 1 aromatic carbocycles. The van der Waals surface area contributed by atoms with E-state index in [4.69, 9.17) is 4.74 Å². The Bertz CT molecular complexity index is 652. The first kappa shape index (κ1) is 17.0. The van der Waals surface area contributed by atoms with Crippen LogP contribution in [0.1, 0.15) is 48.6 Å². The Hall–Kier alpha value is -2.34. The van der Waals surface area contributed by atoms with Crippen molar-refractivity contribution in [3.05, 3.63) is 47.3 Å². The third-order valence-corrected chi connectivity index (χ3v) is 3.32. The highest BCUT2D eigenvalue weighted by atomic mass is 16.5. The lowest BCUT2D eigenvalue weighted by Gasteiger charge is -2.14. The van der Waals surface area contributed by atoms with Crippen LogP contribution < -0.4 is 10.1 Å². The van der Waals surface area contributed by atoms with Crippen LogP contribution in [0.4, 0.5) is 0 Å². The Morgan fingerprint density at radius 1 is 1.39 bits per heavy atom. The first-order chi connectivity index (χ1) is 11.0. The summed E-state index contributed by atoms with van der Waals surface area (Å²) in [5.74, 6) is 0.386. The third kappa shape index (κ3) is 4.82. The van der Waals surface area contributed by atoms with E-state index in [0.717, 1.165) is 12.1 Å². The lowest BCUT2D eigenvalue weighted by Crippen LogP contribution is -2.28. The number of hydrogen-bond acceptors (Lipinski definition) is 4. The molecule has 0 aliphatic carbocycles. The zero-order valence-electron chi connectivity index (χ0n) is 13.7. The van der Waals surface area contributed by atoms with Crippen LogP contribution in [0.2, 0.25) is 0 Å². The van der Waals surface area contributed by atoms with Gasteiger partial charge in [0.2, 0.25) is 0 Å². The number of nitrogens with zero attached hydrogens (tertiary/aromatic N) is 1. The van der Waals surface area contributed by atoms with Crippen molar-refractivity contribution in [1.82, 2.24) is 15.5 Å². The lowest BCUT2D eigenvalue weighted by atomic mass is 10.1. The standard InChI is InChI=1S/C17H23N3O3/c1-4-13-9-15(20-19-13)17(22)18-10-16(21)12-6-5-7-14(8-12)23-11(2)3/h5-9,11,16,21H,4,10H2,1-3H3,(H,18,22)(H,19,20). The van der Waals surface area contributed by atoms with Gasteiger partial charge in [0.25, 0.3) is 5.91 Å². The van der Waals surface area contributed by atoms with Crippen molar-refractivity contribution in [2.75, 3.05) is 6.54 Å². The van der Waals surface area contributed by atoms with Crippen LogP contribution in [-0.2, 0) is 6.42 Å². The SMILES string of the molecule is CCc1cc(C(=O)NCC(O)c2cccc(OC(C)C)c2)n[nH]1. The molecule has 0 bridgehead atoms. The van der Waals surface area contributed by atoms with Crippen molar-refractivity contribution in [2.45, 2.75) is 39.4 Å². The number of aromatic nitrogens is 2. The molecule has 1 unspecified atom stereocenters. The molecule has 0 radical (unpaired) electrons. The van der Waals surface area contributed by atoms with Crippen molar-refractivity contribution in [1.29, 1.82) is 0 Å². The van der Waals surface area contributed by atoms with Gasteiger partial charge in [0.15, 0.2) is 0 Å². The third-order valence-electron chi connectivity index (χ3n) is 3.32. The highest BCUT2D eigenvalue weighted by Gasteiger charge is 2.14. The fraction of sp³-hybridized carbons (Fsp3) is 0.412. The van der Waals surface area contributed by atoms with E-state index in [2.05, 4.69) is 15.5 Å². The first-order valence-corrected chi connectivity index (χ1v) is 7.76. The van der Waals surface area contributed by atoms with Gasteiger partial charge in [-0.15, -0.1) is 0 Å². The van der Waals surface area contributed by atoms with E-state index in [-0.39, 0.29) is 18.6 Å². The molecule has 124 valence electrons. The van der Waals surface area contributed by atoms with Gasteiger partial charge in [-0.3, -0.25) is 9.89 Å². The summed E-state index contributed by atoms with van der Waals surface area (Å²) in [7, 11) is 0. The van der Waals surface area contributed by atoms with E-state index < -0.39 is 6.10 Å². The van der Waals surface area contributed by atoms with Gasteiger partial charge < -0.3 is 15.2 Å². The summed E-state index contributed by atoms with van der Waals surface area (Å²) < 4.78 is 5.60. The number of hydrogen-bond donors (Lipinski definition) is 3. The lowest BCUT2D eigenvalue weighted by molar-refractivity contribution is 0.0911. The summed E-state index contributed by atoms with van der Waals surface area (Å²) in [6.07, 6.45) is 0.0414. The smallest absolute Gasteiger partial charge is 0.271 e. The Kier molecular flexibility index (Phi) is 5.76. The Balaban J connectivity index is 1.93. The fourth-order valence-corrected chi connectivity index (χ4v) is 2.12. The number of carbonyl (C=O) groups excluding carboxylic acids is 1. The molecule has 1 atom stereocenters. The molecule has 0 aliphatic rings. The molecule has 23 heavy (non-hydrogen) atoms. The molecule has 0 saturated heterocycles. The maximum Gasteiger partial charge on any atom is 0.271 e. The van der Waals surface area contributed by atoms with E-state index in [0.29, 0.717) is 17.0 Å². The maximum absolute atomic E-state index is 12.0. The highest BCUT2D eigenvalue weighted by molar-refractivity contribution is 5.92. The van der Waals surface area contributed by atoms with E-state index in [1.54, 1.807) is 18.2 Å². The zero-order chi connectivity index (χ0) is 16.8. The van der Waals surface area contributed by atoms with Crippen LogP contribution in [0.5, 0.6) is 5.75 Å². The normalized spacial score (nSPS) is 12.2. The molecule has 0 fully saturated rings. The quantitative estimate of drug-likeness (QED) is 0.731. The van der Waals surface area contributed by atoms with Crippen LogP contribution in [-0.4, -0.2) is 33.9 Å². The molecule has 6 heteroatoms. The van der Waals surface area contributed by atoms with Gasteiger partial charge in [-0.1, -0.05) is 19.1 Å². The summed E-state index contributed by atoms with van der Waals surface area (Å²) in [6, 6.07) is 8.94. The molecule has 0 spiro atoms. The minimum atomic E-state index is -0.806. The molecule has 1 amide bonds. The highest BCUT2D eigenvalue weighted by Crippen LogP contribution is 2.20. The number of carbonyl (C=O) groups is 1. The number of rotatable bonds is 7. The second-order valence-electron chi connectivity index (χ2n) is 5.60. The van der Waals surface area contributed by atoms with Crippen molar-refractivity contribution < 1.29 is 14.6 Å². The van der Waals surface area contributed by atoms with Crippen LogP contribution in [0.25, 0.3) is 0 Å². The molecule has 0 aliphatic heterocycles. The van der Waals surface area contributed by atoms with Crippen LogP contribution in [0, 0.1) is 0 Å². The summed E-state index contributed by atoms with van der Waals surface area (Å²) in [4.78, 5) is 12.0. The average molecular weight is 317 g/mol. The molecule has 1 heterocycles. The summed E-state index contributed by atoms with van der Waals surface area (Å²) >= 11 is 0. The van der Waals surface area contributed by atoms with Gasteiger partial charge in [-0.05, 0) is 44.0 Å². The van der Waals surface area contributed by atoms with Crippen molar-refractivity contribution in [3.8, 4) is 5.75 Å². The molecule has 2 rings (SSSR count). The number of aliphatic hydroxyl groups excluding tert-OH is 1. The number of nitrogens with one attached hydrogen (secondary N) is 2. The topological polar surface area (TPSA) is 87.2 Å². The molecule has 2 aromatic rings. The summed E-state index contributed by atoms with van der Waals surface area (Å²) in [6.45, 7) is 5.97. The molecule has 1 aromatic heterocycles. The average Bonchev–Trinajstić information content (AvgIpc) is 3.01. The van der Waals surface area contributed by atoms with Gasteiger partial charge in [-0.25, -0.2) is 0 Å². The number of amides is 1. The first-order valence-electron chi connectivity index (χ1n) is 7.76.